The van der Waals surface area contributed by atoms with Crippen molar-refractivity contribution in [2.45, 2.75) is 0 Å². The average Bonchev–Trinajstić information content (AvgIpc) is 2.49. The number of nitrogens with one attached hydrogen (secondary N) is 1. The second-order valence-corrected chi connectivity index (χ2v) is 5.01. The highest BCUT2D eigenvalue weighted by Gasteiger charge is 2.10. The molecule has 0 bridgehead atoms. The van der Waals surface area contributed by atoms with Crippen LogP contribution in [0.5, 0.6) is 0 Å². The minimum absolute atomic E-state index is 0.0580. The number of benzene rings is 2. The lowest BCUT2D eigenvalue weighted by atomic mass is 10.1. The summed E-state index contributed by atoms with van der Waals surface area (Å²) in [6.07, 6.45) is 1.41. The van der Waals surface area contributed by atoms with Crippen molar-refractivity contribution >= 4 is 33.6 Å². The Morgan fingerprint density at radius 3 is 2.48 bits per heavy atom. The number of hydrogen-bond donors (Lipinski definition) is 1. The highest BCUT2D eigenvalue weighted by atomic mass is 79.9. The Morgan fingerprint density at radius 2 is 1.86 bits per heavy atom. The van der Waals surface area contributed by atoms with E-state index in [1.165, 1.54) is 30.3 Å². The highest BCUT2D eigenvalue weighted by molar-refractivity contribution is 9.10. The third kappa shape index (κ3) is 4.01. The van der Waals surface area contributed by atoms with Gasteiger partial charge in [0.05, 0.1) is 5.69 Å². The Morgan fingerprint density at radius 1 is 1.19 bits per heavy atom. The van der Waals surface area contributed by atoms with Gasteiger partial charge in [0.25, 0.3) is 5.91 Å². The molecule has 0 saturated heterocycles. The van der Waals surface area contributed by atoms with Gasteiger partial charge >= 0.3 is 0 Å². The Hall–Kier alpha value is -2.45. The number of carbonyl (C=O) groups excluding carboxylic acids is 1. The second-order valence-electron chi connectivity index (χ2n) is 4.16. The summed E-state index contributed by atoms with van der Waals surface area (Å²) in [5.74, 6) is -0.892. The van der Waals surface area contributed by atoms with Crippen LogP contribution in [0.3, 0.4) is 0 Å². The lowest BCUT2D eigenvalue weighted by Gasteiger charge is -2.06. The third-order valence-corrected chi connectivity index (χ3v) is 3.36. The van der Waals surface area contributed by atoms with Gasteiger partial charge in [0, 0.05) is 4.47 Å². The molecule has 2 aromatic rings. The van der Waals surface area contributed by atoms with E-state index in [4.69, 9.17) is 5.26 Å². The molecule has 1 amide bonds. The first-order chi connectivity index (χ1) is 10.1. The number of nitrogens with zero attached hydrogens (tertiary/aromatic N) is 1. The standard InChI is InChI=1S/C16H10BrFN2O/c17-14-3-1-2-4-15(14)20-16(21)12(10-19)9-11-5-7-13(18)8-6-11/h1-9H,(H,20,21). The maximum Gasteiger partial charge on any atom is 0.266 e. The van der Waals surface area contributed by atoms with E-state index in [1.807, 2.05) is 12.1 Å². The number of para-hydroxylation sites is 1. The van der Waals surface area contributed by atoms with Crippen molar-refractivity contribution in [1.29, 1.82) is 5.26 Å². The molecule has 104 valence electrons. The number of amides is 1. The van der Waals surface area contributed by atoms with Crippen LogP contribution in [0.15, 0.2) is 58.6 Å². The molecular formula is C16H10BrFN2O. The van der Waals surface area contributed by atoms with E-state index in [0.717, 1.165) is 4.47 Å². The molecule has 3 nitrogen and oxygen atoms in total. The number of hydrogen-bond acceptors (Lipinski definition) is 2. The summed E-state index contributed by atoms with van der Waals surface area (Å²) in [6.45, 7) is 0. The summed E-state index contributed by atoms with van der Waals surface area (Å²) in [5.41, 5.74) is 1.09. The largest absolute Gasteiger partial charge is 0.320 e. The molecule has 0 aliphatic heterocycles. The number of halogens is 2. The van der Waals surface area contributed by atoms with Crippen LogP contribution in [-0.4, -0.2) is 5.91 Å². The molecule has 2 aromatic carbocycles. The topological polar surface area (TPSA) is 52.9 Å². The molecule has 0 aromatic heterocycles. The summed E-state index contributed by atoms with van der Waals surface area (Å²) < 4.78 is 13.5. The van der Waals surface area contributed by atoms with Gasteiger partial charge in [-0.15, -0.1) is 0 Å². The summed E-state index contributed by atoms with van der Waals surface area (Å²) >= 11 is 3.31. The molecule has 0 spiro atoms. The van der Waals surface area contributed by atoms with Gasteiger partial charge in [-0.1, -0.05) is 24.3 Å². The van der Waals surface area contributed by atoms with E-state index in [9.17, 15) is 9.18 Å². The molecule has 0 atom stereocenters. The van der Waals surface area contributed by atoms with Crippen LogP contribution in [0.25, 0.3) is 6.08 Å². The van der Waals surface area contributed by atoms with E-state index in [2.05, 4.69) is 21.2 Å². The van der Waals surface area contributed by atoms with E-state index < -0.39 is 5.91 Å². The van der Waals surface area contributed by atoms with E-state index in [1.54, 1.807) is 18.2 Å². The highest BCUT2D eigenvalue weighted by Crippen LogP contribution is 2.22. The Labute approximate surface area is 129 Å². The summed E-state index contributed by atoms with van der Waals surface area (Å²) in [5, 5.41) is 11.7. The number of carbonyl (C=O) groups is 1. The van der Waals surface area contributed by atoms with Crippen molar-refractivity contribution in [3.63, 3.8) is 0 Å². The van der Waals surface area contributed by atoms with Crippen LogP contribution in [0.4, 0.5) is 10.1 Å². The first-order valence-corrected chi connectivity index (χ1v) is 6.82. The average molecular weight is 345 g/mol. The van der Waals surface area contributed by atoms with Crippen LogP contribution in [0.2, 0.25) is 0 Å². The second kappa shape index (κ2) is 6.82. The van der Waals surface area contributed by atoms with Crippen molar-refractivity contribution in [2.75, 3.05) is 5.32 Å². The van der Waals surface area contributed by atoms with Gasteiger partial charge in [-0.05, 0) is 51.8 Å². The molecule has 5 heteroatoms. The Balaban J connectivity index is 2.21. The van der Waals surface area contributed by atoms with Crippen LogP contribution in [0.1, 0.15) is 5.56 Å². The Kier molecular flexibility index (Phi) is 4.85. The van der Waals surface area contributed by atoms with Crippen molar-refractivity contribution in [2.24, 2.45) is 0 Å². The van der Waals surface area contributed by atoms with Gasteiger partial charge < -0.3 is 5.32 Å². The zero-order valence-corrected chi connectivity index (χ0v) is 12.4. The first kappa shape index (κ1) is 14.9. The first-order valence-electron chi connectivity index (χ1n) is 6.03. The summed E-state index contributed by atoms with van der Waals surface area (Å²) in [7, 11) is 0. The van der Waals surface area contributed by atoms with Crippen molar-refractivity contribution in [3.05, 3.63) is 70.0 Å². The fourth-order valence-electron chi connectivity index (χ4n) is 1.63. The quantitative estimate of drug-likeness (QED) is 0.672. The Bertz CT molecular complexity index is 733. The van der Waals surface area contributed by atoms with Gasteiger partial charge in [-0.2, -0.15) is 5.26 Å². The molecule has 1 N–H and O–H groups in total. The third-order valence-electron chi connectivity index (χ3n) is 2.67. The normalized spacial score (nSPS) is 10.8. The van der Waals surface area contributed by atoms with Gasteiger partial charge in [0.1, 0.15) is 17.5 Å². The number of rotatable bonds is 3. The van der Waals surface area contributed by atoms with Crippen molar-refractivity contribution in [1.82, 2.24) is 0 Å². The van der Waals surface area contributed by atoms with Crippen molar-refractivity contribution < 1.29 is 9.18 Å². The molecule has 0 unspecified atom stereocenters. The molecule has 0 fully saturated rings. The predicted octanol–water partition coefficient (Wildman–Crippen LogP) is 4.13. The van der Waals surface area contributed by atoms with E-state index >= 15 is 0 Å². The van der Waals surface area contributed by atoms with Gasteiger partial charge in [-0.25, -0.2) is 4.39 Å². The van der Waals surface area contributed by atoms with Gasteiger partial charge in [0.15, 0.2) is 0 Å². The van der Waals surface area contributed by atoms with Crippen LogP contribution in [0, 0.1) is 17.1 Å². The summed E-state index contributed by atoms with van der Waals surface area (Å²) in [4.78, 5) is 12.1. The lowest BCUT2D eigenvalue weighted by Crippen LogP contribution is -2.13. The predicted molar refractivity (Wildman–Crippen MR) is 82.8 cm³/mol. The van der Waals surface area contributed by atoms with Gasteiger partial charge in [0.2, 0.25) is 0 Å². The smallest absolute Gasteiger partial charge is 0.266 e. The number of nitriles is 1. The molecule has 0 saturated carbocycles. The van der Waals surface area contributed by atoms with E-state index in [-0.39, 0.29) is 11.4 Å². The zero-order valence-electron chi connectivity index (χ0n) is 10.8. The molecule has 21 heavy (non-hydrogen) atoms. The number of anilines is 1. The molecule has 0 aliphatic rings. The molecule has 0 radical (unpaired) electrons. The van der Waals surface area contributed by atoms with E-state index in [0.29, 0.717) is 11.3 Å². The van der Waals surface area contributed by atoms with Gasteiger partial charge in [-0.3, -0.25) is 4.79 Å². The SMILES string of the molecule is N#CC(=Cc1ccc(F)cc1)C(=O)Nc1ccccc1Br. The molecule has 0 heterocycles. The van der Waals surface area contributed by atoms with Crippen molar-refractivity contribution in [3.8, 4) is 6.07 Å². The molecular weight excluding hydrogens is 335 g/mol. The molecule has 2 rings (SSSR count). The summed E-state index contributed by atoms with van der Waals surface area (Å²) in [6, 6.07) is 14.5. The maximum atomic E-state index is 12.8. The fraction of sp³-hybridized carbons (Fsp3) is 0. The fourth-order valence-corrected chi connectivity index (χ4v) is 2.01. The minimum Gasteiger partial charge on any atom is -0.320 e. The lowest BCUT2D eigenvalue weighted by molar-refractivity contribution is -0.112. The van der Waals surface area contributed by atoms with Crippen LogP contribution >= 0.6 is 15.9 Å². The van der Waals surface area contributed by atoms with Crippen LogP contribution in [-0.2, 0) is 4.79 Å². The molecule has 0 aliphatic carbocycles. The zero-order chi connectivity index (χ0) is 15.2. The van der Waals surface area contributed by atoms with Crippen LogP contribution < -0.4 is 5.32 Å². The minimum atomic E-state index is -0.520. The maximum absolute atomic E-state index is 12.8. The monoisotopic (exact) mass is 344 g/mol.